The Kier molecular flexibility index (Phi) is 6.91. The third-order valence-corrected chi connectivity index (χ3v) is 4.43. The molecule has 0 spiro atoms. The van der Waals surface area contributed by atoms with Crippen LogP contribution in [0.4, 0.5) is 5.69 Å². The number of aromatic nitrogens is 3. The molecule has 8 nitrogen and oxygen atoms in total. The summed E-state index contributed by atoms with van der Waals surface area (Å²) >= 11 is 0. The average Bonchev–Trinajstić information content (AvgIpc) is 3.23. The highest BCUT2D eigenvalue weighted by atomic mass is 16.5. The second-order valence-electron chi connectivity index (χ2n) is 6.37. The average molecular weight is 397 g/mol. The van der Waals surface area contributed by atoms with Crippen LogP contribution in [0.15, 0.2) is 42.5 Å². The Morgan fingerprint density at radius 2 is 1.97 bits per heavy atom. The normalized spacial score (nSPS) is 11.7. The van der Waals surface area contributed by atoms with Crippen molar-refractivity contribution in [1.29, 1.82) is 0 Å². The van der Waals surface area contributed by atoms with Crippen LogP contribution in [0, 0.1) is 0 Å². The molecule has 0 aliphatic heterocycles. The van der Waals surface area contributed by atoms with Crippen molar-refractivity contribution in [2.45, 2.75) is 19.4 Å². The number of nitrogens with zero attached hydrogens (tertiary/aromatic N) is 2. The van der Waals surface area contributed by atoms with Crippen LogP contribution in [0.25, 0.3) is 0 Å². The molecule has 154 valence electrons. The molecule has 1 heterocycles. The van der Waals surface area contributed by atoms with Crippen LogP contribution in [0.2, 0.25) is 0 Å². The van der Waals surface area contributed by atoms with E-state index in [9.17, 15) is 0 Å². The lowest BCUT2D eigenvalue weighted by Gasteiger charge is -2.13. The van der Waals surface area contributed by atoms with Crippen molar-refractivity contribution in [1.82, 2.24) is 15.2 Å². The number of rotatable bonds is 10. The molecule has 0 fully saturated rings. The van der Waals surface area contributed by atoms with Crippen molar-refractivity contribution in [3.63, 3.8) is 0 Å². The fraction of sp³-hybridized carbons (Fsp3) is 0.333. The molecule has 0 radical (unpaired) electrons. The predicted octanol–water partition coefficient (Wildman–Crippen LogP) is 2.92. The van der Waals surface area contributed by atoms with E-state index in [0.717, 1.165) is 22.8 Å². The Balaban J connectivity index is 1.61. The van der Waals surface area contributed by atoms with E-state index in [0.29, 0.717) is 36.9 Å². The van der Waals surface area contributed by atoms with Gasteiger partial charge in [-0.1, -0.05) is 12.1 Å². The Bertz CT molecular complexity index is 928. The molecular formula is C21H27N5O3. The van der Waals surface area contributed by atoms with E-state index in [1.54, 1.807) is 14.2 Å². The monoisotopic (exact) mass is 397 g/mol. The van der Waals surface area contributed by atoms with E-state index in [2.05, 4.69) is 20.5 Å². The molecule has 2 aromatic carbocycles. The molecule has 0 aliphatic rings. The van der Waals surface area contributed by atoms with Gasteiger partial charge in [-0.2, -0.15) is 5.10 Å². The van der Waals surface area contributed by atoms with Crippen molar-refractivity contribution >= 4 is 5.69 Å². The third-order valence-electron chi connectivity index (χ3n) is 4.43. The van der Waals surface area contributed by atoms with E-state index in [-0.39, 0.29) is 0 Å². The summed E-state index contributed by atoms with van der Waals surface area (Å²) in [6.07, 6.45) is 0.684. The van der Waals surface area contributed by atoms with Crippen molar-refractivity contribution in [3.8, 4) is 17.2 Å². The van der Waals surface area contributed by atoms with Crippen LogP contribution in [0.5, 0.6) is 17.2 Å². The summed E-state index contributed by atoms with van der Waals surface area (Å²) in [4.78, 5) is 4.54. The number of hydrogen-bond donors (Lipinski definition) is 3. The van der Waals surface area contributed by atoms with E-state index in [1.807, 2.05) is 49.4 Å². The second-order valence-corrected chi connectivity index (χ2v) is 6.37. The number of nitrogens with one attached hydrogen (secondary N) is 2. The number of aromatic amines is 1. The van der Waals surface area contributed by atoms with Gasteiger partial charge in [0.1, 0.15) is 11.6 Å². The summed E-state index contributed by atoms with van der Waals surface area (Å²) < 4.78 is 16.2. The Hall–Kier alpha value is -3.26. The van der Waals surface area contributed by atoms with Crippen LogP contribution < -0.4 is 25.3 Å². The molecule has 1 atom stereocenters. The van der Waals surface area contributed by atoms with Gasteiger partial charge in [0.2, 0.25) is 0 Å². The molecule has 0 saturated carbocycles. The van der Waals surface area contributed by atoms with Gasteiger partial charge >= 0.3 is 0 Å². The molecule has 3 aromatic rings. The SMILES string of the molecule is CCOc1ccc([C@@H](N)c2n[nH]c(CCNc3cccc(OC)c3)n2)cc1OC. The van der Waals surface area contributed by atoms with Gasteiger partial charge in [0.05, 0.1) is 26.9 Å². The number of nitrogens with two attached hydrogens (primary N) is 1. The van der Waals surface area contributed by atoms with E-state index >= 15 is 0 Å². The van der Waals surface area contributed by atoms with Gasteiger partial charge in [0, 0.05) is 24.7 Å². The topological polar surface area (TPSA) is 107 Å². The molecule has 0 bridgehead atoms. The molecule has 8 heteroatoms. The van der Waals surface area contributed by atoms with Gasteiger partial charge in [-0.05, 0) is 36.8 Å². The van der Waals surface area contributed by atoms with Crippen molar-refractivity contribution in [2.24, 2.45) is 5.73 Å². The van der Waals surface area contributed by atoms with Crippen molar-refractivity contribution in [3.05, 3.63) is 59.7 Å². The summed E-state index contributed by atoms with van der Waals surface area (Å²) in [6, 6.07) is 12.9. The van der Waals surface area contributed by atoms with Crippen LogP contribution >= 0.6 is 0 Å². The van der Waals surface area contributed by atoms with Gasteiger partial charge in [-0.3, -0.25) is 5.10 Å². The van der Waals surface area contributed by atoms with Crippen LogP contribution in [0.3, 0.4) is 0 Å². The Morgan fingerprint density at radius 1 is 1.10 bits per heavy atom. The lowest BCUT2D eigenvalue weighted by molar-refractivity contribution is 0.310. The third kappa shape index (κ3) is 5.17. The minimum Gasteiger partial charge on any atom is -0.497 e. The largest absolute Gasteiger partial charge is 0.497 e. The summed E-state index contributed by atoms with van der Waals surface area (Å²) in [7, 11) is 3.26. The summed E-state index contributed by atoms with van der Waals surface area (Å²) in [6.45, 7) is 3.20. The summed E-state index contributed by atoms with van der Waals surface area (Å²) in [5.41, 5.74) is 8.20. The van der Waals surface area contributed by atoms with E-state index in [4.69, 9.17) is 19.9 Å². The van der Waals surface area contributed by atoms with Gasteiger partial charge in [-0.25, -0.2) is 4.98 Å². The first-order chi connectivity index (χ1) is 14.1. The fourth-order valence-corrected chi connectivity index (χ4v) is 2.92. The number of ether oxygens (including phenoxy) is 3. The Morgan fingerprint density at radius 3 is 2.72 bits per heavy atom. The zero-order valence-electron chi connectivity index (χ0n) is 16.9. The van der Waals surface area contributed by atoms with Crippen LogP contribution in [-0.2, 0) is 6.42 Å². The van der Waals surface area contributed by atoms with Crippen LogP contribution in [0.1, 0.15) is 30.2 Å². The summed E-state index contributed by atoms with van der Waals surface area (Å²) in [5, 5.41) is 10.6. The zero-order valence-corrected chi connectivity index (χ0v) is 16.9. The first-order valence-electron chi connectivity index (χ1n) is 9.50. The van der Waals surface area contributed by atoms with E-state index < -0.39 is 6.04 Å². The van der Waals surface area contributed by atoms with Gasteiger partial charge < -0.3 is 25.3 Å². The molecule has 0 unspecified atom stereocenters. The Labute approximate surface area is 170 Å². The lowest BCUT2D eigenvalue weighted by atomic mass is 10.1. The molecule has 0 saturated heterocycles. The lowest BCUT2D eigenvalue weighted by Crippen LogP contribution is -2.14. The van der Waals surface area contributed by atoms with Gasteiger partial charge in [-0.15, -0.1) is 0 Å². The first-order valence-corrected chi connectivity index (χ1v) is 9.50. The number of H-pyrrole nitrogens is 1. The highest BCUT2D eigenvalue weighted by Gasteiger charge is 2.17. The van der Waals surface area contributed by atoms with E-state index in [1.165, 1.54) is 0 Å². The van der Waals surface area contributed by atoms with Gasteiger partial charge in [0.25, 0.3) is 0 Å². The smallest absolute Gasteiger partial charge is 0.171 e. The molecule has 0 amide bonds. The quantitative estimate of drug-likeness (QED) is 0.483. The minimum atomic E-state index is -0.462. The number of anilines is 1. The number of methoxy groups -OCH3 is 2. The first kappa shape index (κ1) is 20.5. The molecule has 4 N–H and O–H groups in total. The second kappa shape index (κ2) is 9.79. The van der Waals surface area contributed by atoms with Crippen LogP contribution in [-0.4, -0.2) is 42.6 Å². The minimum absolute atomic E-state index is 0.462. The molecule has 3 rings (SSSR count). The highest BCUT2D eigenvalue weighted by Crippen LogP contribution is 2.31. The maximum absolute atomic E-state index is 6.36. The van der Waals surface area contributed by atoms with Crippen molar-refractivity contribution in [2.75, 3.05) is 32.7 Å². The zero-order chi connectivity index (χ0) is 20.6. The molecule has 1 aromatic heterocycles. The predicted molar refractivity (Wildman–Crippen MR) is 112 cm³/mol. The number of hydrogen-bond acceptors (Lipinski definition) is 7. The van der Waals surface area contributed by atoms with Gasteiger partial charge in [0.15, 0.2) is 17.3 Å². The fourth-order valence-electron chi connectivity index (χ4n) is 2.92. The standard InChI is InChI=1S/C21H27N5O3/c1-4-29-17-9-8-14(12-18(17)28-3)20(22)21-24-19(25-26-21)10-11-23-15-6-5-7-16(13-15)27-2/h5-9,12-13,20,23H,4,10-11,22H2,1-3H3,(H,24,25,26)/t20-/m1/s1. The number of benzene rings is 2. The molecular weight excluding hydrogens is 370 g/mol. The maximum atomic E-state index is 6.36. The highest BCUT2D eigenvalue weighted by molar-refractivity contribution is 5.48. The van der Waals surface area contributed by atoms with Crippen molar-refractivity contribution < 1.29 is 14.2 Å². The summed E-state index contributed by atoms with van der Waals surface area (Å²) in [5.74, 6) is 3.44. The molecule has 29 heavy (non-hydrogen) atoms. The molecule has 0 aliphatic carbocycles. The maximum Gasteiger partial charge on any atom is 0.171 e.